The monoisotopic (exact) mass is 272 g/mol. The average Bonchev–Trinajstić information content (AvgIpc) is 2.24. The summed E-state index contributed by atoms with van der Waals surface area (Å²) in [6.07, 6.45) is 0. The molecule has 4 nitrogen and oxygen atoms in total. The standard InChI is InChI=1S/C12H18ClFN4/c1-7-5-17(3)6-8(2)18(7)10-4-9(15)11(13)12(14)16-10/h4,7-8H,5-6H2,1-3H3,(H2,15,16). The molecule has 1 fully saturated rings. The van der Waals surface area contributed by atoms with Crippen LogP contribution in [0.2, 0.25) is 5.02 Å². The lowest BCUT2D eigenvalue weighted by Gasteiger charge is -2.44. The van der Waals surface area contributed by atoms with Crippen LogP contribution in [0.15, 0.2) is 6.07 Å². The molecule has 0 aromatic carbocycles. The van der Waals surface area contributed by atoms with Gasteiger partial charge in [-0.3, -0.25) is 0 Å². The summed E-state index contributed by atoms with van der Waals surface area (Å²) in [6.45, 7) is 6.01. The molecule has 0 bridgehead atoms. The molecule has 1 aliphatic heterocycles. The van der Waals surface area contributed by atoms with Gasteiger partial charge in [0.15, 0.2) is 0 Å². The van der Waals surface area contributed by atoms with Gasteiger partial charge in [-0.05, 0) is 20.9 Å². The highest BCUT2D eigenvalue weighted by molar-refractivity contribution is 6.33. The van der Waals surface area contributed by atoms with Crippen molar-refractivity contribution in [3.05, 3.63) is 17.0 Å². The molecule has 6 heteroatoms. The number of anilines is 2. The molecule has 2 N–H and O–H groups in total. The molecule has 0 amide bonds. The van der Waals surface area contributed by atoms with Gasteiger partial charge < -0.3 is 15.5 Å². The molecular weight excluding hydrogens is 255 g/mol. The number of hydrogen-bond donors (Lipinski definition) is 1. The fourth-order valence-corrected chi connectivity index (χ4v) is 2.77. The number of piperazine rings is 1. The van der Waals surface area contributed by atoms with Crippen molar-refractivity contribution in [3.8, 4) is 0 Å². The number of nitrogen functional groups attached to an aromatic ring is 1. The third kappa shape index (κ3) is 2.37. The van der Waals surface area contributed by atoms with E-state index in [4.69, 9.17) is 17.3 Å². The highest BCUT2D eigenvalue weighted by Gasteiger charge is 2.29. The number of nitrogens with two attached hydrogens (primary N) is 1. The molecule has 100 valence electrons. The molecule has 2 unspecified atom stereocenters. The number of likely N-dealkylation sites (N-methyl/N-ethyl adjacent to an activating group) is 1. The molecule has 0 radical (unpaired) electrons. The Balaban J connectivity index is 2.36. The predicted molar refractivity (Wildman–Crippen MR) is 72.5 cm³/mol. The van der Waals surface area contributed by atoms with Gasteiger partial charge in [-0.25, -0.2) is 4.98 Å². The van der Waals surface area contributed by atoms with Crippen LogP contribution < -0.4 is 10.6 Å². The first-order valence-corrected chi connectivity index (χ1v) is 6.36. The fraction of sp³-hybridized carbons (Fsp3) is 0.583. The number of pyridine rings is 1. The largest absolute Gasteiger partial charge is 0.397 e. The Hall–Kier alpha value is -1.07. The van der Waals surface area contributed by atoms with Crippen molar-refractivity contribution in [2.24, 2.45) is 0 Å². The molecule has 18 heavy (non-hydrogen) atoms. The zero-order chi connectivity index (χ0) is 13.4. The van der Waals surface area contributed by atoms with E-state index in [0.717, 1.165) is 13.1 Å². The lowest BCUT2D eigenvalue weighted by atomic mass is 10.1. The first kappa shape index (κ1) is 13.4. The van der Waals surface area contributed by atoms with Crippen LogP contribution in [0.1, 0.15) is 13.8 Å². The molecule has 2 rings (SSSR count). The number of nitrogens with zero attached hydrogens (tertiary/aromatic N) is 3. The molecule has 2 heterocycles. The molecule has 1 aliphatic rings. The van der Waals surface area contributed by atoms with Gasteiger partial charge in [-0.15, -0.1) is 0 Å². The molecule has 0 spiro atoms. The Morgan fingerprint density at radius 1 is 1.39 bits per heavy atom. The van der Waals surface area contributed by atoms with Crippen LogP contribution in [0.5, 0.6) is 0 Å². The normalized spacial score (nSPS) is 25.5. The second kappa shape index (κ2) is 4.90. The Kier molecular flexibility index (Phi) is 3.64. The van der Waals surface area contributed by atoms with Crippen LogP contribution in [0.3, 0.4) is 0 Å². The summed E-state index contributed by atoms with van der Waals surface area (Å²) >= 11 is 5.70. The van der Waals surface area contributed by atoms with Crippen LogP contribution in [-0.2, 0) is 0 Å². The molecule has 1 aromatic rings. The summed E-state index contributed by atoms with van der Waals surface area (Å²) in [6, 6.07) is 2.15. The minimum absolute atomic E-state index is 0.104. The van der Waals surface area contributed by atoms with Gasteiger partial charge in [-0.1, -0.05) is 11.6 Å². The van der Waals surface area contributed by atoms with Crippen molar-refractivity contribution >= 4 is 23.1 Å². The van der Waals surface area contributed by atoms with Gasteiger partial charge in [0.25, 0.3) is 0 Å². The van der Waals surface area contributed by atoms with E-state index in [1.165, 1.54) is 0 Å². The van der Waals surface area contributed by atoms with Crippen molar-refractivity contribution in [2.75, 3.05) is 30.8 Å². The Morgan fingerprint density at radius 2 is 1.94 bits per heavy atom. The second-order valence-electron chi connectivity index (χ2n) is 5.00. The van der Waals surface area contributed by atoms with Crippen molar-refractivity contribution < 1.29 is 4.39 Å². The molecule has 1 aromatic heterocycles. The highest BCUT2D eigenvalue weighted by Crippen LogP contribution is 2.29. The summed E-state index contributed by atoms with van der Waals surface area (Å²) in [5.74, 6) is -0.146. The quantitative estimate of drug-likeness (QED) is 0.794. The summed E-state index contributed by atoms with van der Waals surface area (Å²) in [5.41, 5.74) is 5.93. The molecule has 0 saturated carbocycles. The van der Waals surface area contributed by atoms with Crippen LogP contribution in [-0.4, -0.2) is 42.1 Å². The van der Waals surface area contributed by atoms with Crippen LogP contribution in [0, 0.1) is 5.95 Å². The molecule has 1 saturated heterocycles. The number of hydrogen-bond acceptors (Lipinski definition) is 4. The zero-order valence-electron chi connectivity index (χ0n) is 10.8. The molecular formula is C12H18ClFN4. The fourth-order valence-electron chi connectivity index (χ4n) is 2.67. The van der Waals surface area contributed by atoms with E-state index in [1.807, 2.05) is 0 Å². The van der Waals surface area contributed by atoms with Crippen LogP contribution in [0.25, 0.3) is 0 Å². The lowest BCUT2D eigenvalue weighted by molar-refractivity contribution is 0.239. The summed E-state index contributed by atoms with van der Waals surface area (Å²) in [7, 11) is 2.08. The van der Waals surface area contributed by atoms with Gasteiger partial charge in [0.05, 0.1) is 5.69 Å². The molecule has 0 aliphatic carbocycles. The summed E-state index contributed by atoms with van der Waals surface area (Å²) in [5, 5.41) is -0.104. The zero-order valence-corrected chi connectivity index (χ0v) is 11.6. The minimum Gasteiger partial charge on any atom is -0.397 e. The summed E-state index contributed by atoms with van der Waals surface area (Å²) < 4.78 is 13.6. The van der Waals surface area contributed by atoms with E-state index in [0.29, 0.717) is 5.82 Å². The Morgan fingerprint density at radius 3 is 2.44 bits per heavy atom. The van der Waals surface area contributed by atoms with Crippen molar-refractivity contribution in [1.82, 2.24) is 9.88 Å². The van der Waals surface area contributed by atoms with Crippen molar-refractivity contribution in [2.45, 2.75) is 25.9 Å². The van der Waals surface area contributed by atoms with Crippen molar-refractivity contribution in [1.29, 1.82) is 0 Å². The number of aromatic nitrogens is 1. The third-order valence-corrected chi connectivity index (χ3v) is 3.67. The maximum atomic E-state index is 13.6. The SMILES string of the molecule is CC1CN(C)CC(C)N1c1cc(N)c(Cl)c(F)n1. The second-order valence-corrected chi connectivity index (χ2v) is 5.38. The number of rotatable bonds is 1. The Bertz CT molecular complexity index is 419. The van der Waals surface area contributed by atoms with E-state index in [-0.39, 0.29) is 22.8 Å². The van der Waals surface area contributed by atoms with Gasteiger partial charge in [-0.2, -0.15) is 4.39 Å². The van der Waals surface area contributed by atoms with E-state index in [2.05, 4.69) is 35.7 Å². The van der Waals surface area contributed by atoms with Gasteiger partial charge in [0, 0.05) is 31.2 Å². The first-order chi connectivity index (χ1) is 8.40. The predicted octanol–water partition coefficient (Wildman–Crippen LogP) is 1.99. The van der Waals surface area contributed by atoms with Gasteiger partial charge >= 0.3 is 0 Å². The number of halogens is 2. The van der Waals surface area contributed by atoms with Crippen molar-refractivity contribution in [3.63, 3.8) is 0 Å². The van der Waals surface area contributed by atoms with E-state index >= 15 is 0 Å². The third-order valence-electron chi connectivity index (χ3n) is 3.30. The van der Waals surface area contributed by atoms with E-state index < -0.39 is 5.95 Å². The van der Waals surface area contributed by atoms with Gasteiger partial charge in [0.1, 0.15) is 10.8 Å². The maximum Gasteiger partial charge on any atom is 0.235 e. The maximum absolute atomic E-state index is 13.6. The first-order valence-electron chi connectivity index (χ1n) is 5.98. The Labute approximate surface area is 112 Å². The lowest BCUT2D eigenvalue weighted by Crippen LogP contribution is -2.56. The topological polar surface area (TPSA) is 45.4 Å². The van der Waals surface area contributed by atoms with Gasteiger partial charge in [0.2, 0.25) is 5.95 Å². The van der Waals surface area contributed by atoms with E-state index in [1.54, 1.807) is 6.07 Å². The summed E-state index contributed by atoms with van der Waals surface area (Å²) in [4.78, 5) is 8.26. The van der Waals surface area contributed by atoms with E-state index in [9.17, 15) is 4.39 Å². The average molecular weight is 273 g/mol. The van der Waals surface area contributed by atoms with Crippen LogP contribution in [0.4, 0.5) is 15.9 Å². The minimum atomic E-state index is -0.704. The smallest absolute Gasteiger partial charge is 0.235 e. The highest BCUT2D eigenvalue weighted by atomic mass is 35.5. The van der Waals surface area contributed by atoms with Crippen LogP contribution >= 0.6 is 11.6 Å². The molecule has 2 atom stereocenters.